The average molecular weight is 358 g/mol. The fraction of sp³-hybridized carbons (Fsp3) is 0.467. The first-order chi connectivity index (χ1) is 11.2. The maximum Gasteiger partial charge on any atom is 0.338 e. The number of sulfonamides is 1. The molecule has 1 aromatic rings. The van der Waals surface area contributed by atoms with Gasteiger partial charge in [-0.25, -0.2) is 18.4 Å². The van der Waals surface area contributed by atoms with Crippen molar-refractivity contribution in [1.29, 1.82) is 0 Å². The Labute approximate surface area is 141 Å². The lowest BCUT2D eigenvalue weighted by molar-refractivity contribution is -0.124. The molecule has 0 aliphatic rings. The number of rotatable bonds is 8. The summed E-state index contributed by atoms with van der Waals surface area (Å²) in [6.07, 6.45) is 1.74. The van der Waals surface area contributed by atoms with Crippen molar-refractivity contribution >= 4 is 21.9 Å². The molecular weight excluding hydrogens is 336 g/mol. The van der Waals surface area contributed by atoms with Crippen LogP contribution in [0.5, 0.6) is 5.75 Å². The molecule has 1 aromatic carbocycles. The monoisotopic (exact) mass is 358 g/mol. The Balaban J connectivity index is 2.77. The third-order valence-corrected chi connectivity index (χ3v) is 4.10. The third kappa shape index (κ3) is 5.82. The number of methoxy groups -OCH3 is 1. The molecule has 0 unspecified atom stereocenters. The van der Waals surface area contributed by atoms with Crippen LogP contribution in [0.3, 0.4) is 0 Å². The molecular formula is C15H22N2O6S. The van der Waals surface area contributed by atoms with Gasteiger partial charge in [0.1, 0.15) is 10.6 Å². The Morgan fingerprint density at radius 1 is 1.33 bits per heavy atom. The van der Waals surface area contributed by atoms with Gasteiger partial charge < -0.3 is 14.8 Å². The Morgan fingerprint density at radius 3 is 2.54 bits per heavy atom. The molecule has 24 heavy (non-hydrogen) atoms. The lowest BCUT2D eigenvalue weighted by Gasteiger charge is -2.13. The van der Waals surface area contributed by atoms with Gasteiger partial charge in [-0.05, 0) is 31.5 Å². The highest BCUT2D eigenvalue weighted by Crippen LogP contribution is 2.24. The van der Waals surface area contributed by atoms with Crippen LogP contribution in [0.15, 0.2) is 23.1 Å². The summed E-state index contributed by atoms with van der Waals surface area (Å²) in [6, 6.07) is 3.65. The van der Waals surface area contributed by atoms with Gasteiger partial charge in [0.25, 0.3) is 5.91 Å². The molecule has 134 valence electrons. The first-order valence-corrected chi connectivity index (χ1v) is 8.91. The molecule has 0 saturated heterocycles. The lowest BCUT2D eigenvalue weighted by atomic mass is 10.2. The van der Waals surface area contributed by atoms with Crippen LogP contribution in [0.2, 0.25) is 0 Å². The van der Waals surface area contributed by atoms with E-state index in [0.29, 0.717) is 0 Å². The summed E-state index contributed by atoms with van der Waals surface area (Å²) < 4.78 is 32.8. The highest BCUT2D eigenvalue weighted by atomic mass is 32.2. The fourth-order valence-corrected chi connectivity index (χ4v) is 2.79. The molecule has 8 nitrogen and oxygen atoms in total. The van der Waals surface area contributed by atoms with E-state index in [1.807, 2.05) is 13.8 Å². The number of amides is 1. The second-order valence-corrected chi connectivity index (χ2v) is 6.77. The molecule has 1 atom stereocenters. The van der Waals surface area contributed by atoms with Gasteiger partial charge in [-0.15, -0.1) is 0 Å². The van der Waals surface area contributed by atoms with Crippen molar-refractivity contribution < 1.29 is 27.5 Å². The van der Waals surface area contributed by atoms with Crippen molar-refractivity contribution in [2.75, 3.05) is 13.7 Å². The van der Waals surface area contributed by atoms with Crippen LogP contribution in [-0.2, 0) is 19.6 Å². The summed E-state index contributed by atoms with van der Waals surface area (Å²) in [6.45, 7) is 3.39. The van der Waals surface area contributed by atoms with Crippen LogP contribution in [0.1, 0.15) is 37.0 Å². The number of hydrogen-bond acceptors (Lipinski definition) is 6. The predicted molar refractivity (Wildman–Crippen MR) is 87.2 cm³/mol. The Hall–Kier alpha value is -2.13. The number of benzene rings is 1. The molecule has 0 aliphatic heterocycles. The van der Waals surface area contributed by atoms with E-state index in [0.717, 1.165) is 18.9 Å². The van der Waals surface area contributed by atoms with Gasteiger partial charge >= 0.3 is 5.97 Å². The summed E-state index contributed by atoms with van der Waals surface area (Å²) in [7, 11) is -2.79. The number of carbonyl (C=O) groups excluding carboxylic acids is 2. The molecule has 0 aliphatic carbocycles. The van der Waals surface area contributed by atoms with E-state index in [2.05, 4.69) is 5.32 Å². The predicted octanol–water partition coefficient (Wildman–Crippen LogP) is 0.804. The molecule has 0 fully saturated rings. The van der Waals surface area contributed by atoms with E-state index in [9.17, 15) is 18.0 Å². The zero-order valence-corrected chi connectivity index (χ0v) is 14.7. The van der Waals surface area contributed by atoms with Crippen LogP contribution in [0, 0.1) is 0 Å². The number of hydrogen-bond donors (Lipinski definition) is 2. The van der Waals surface area contributed by atoms with Gasteiger partial charge in [0.2, 0.25) is 10.0 Å². The average Bonchev–Trinajstić information content (AvgIpc) is 2.51. The molecule has 0 aromatic heterocycles. The number of nitrogens with two attached hydrogens (primary N) is 1. The highest BCUT2D eigenvalue weighted by molar-refractivity contribution is 7.89. The lowest BCUT2D eigenvalue weighted by Crippen LogP contribution is -2.35. The van der Waals surface area contributed by atoms with Crippen molar-refractivity contribution in [2.45, 2.75) is 37.6 Å². The maximum absolute atomic E-state index is 12.0. The van der Waals surface area contributed by atoms with E-state index in [1.165, 1.54) is 19.2 Å². The number of nitrogens with one attached hydrogen (secondary N) is 1. The van der Waals surface area contributed by atoms with Crippen molar-refractivity contribution in [3.8, 4) is 5.75 Å². The van der Waals surface area contributed by atoms with Crippen molar-refractivity contribution in [3.05, 3.63) is 23.8 Å². The minimum Gasteiger partial charge on any atom is -0.495 e. The van der Waals surface area contributed by atoms with Crippen LogP contribution in [0.25, 0.3) is 0 Å². The quantitative estimate of drug-likeness (QED) is 0.662. The van der Waals surface area contributed by atoms with Crippen LogP contribution in [0.4, 0.5) is 0 Å². The van der Waals surface area contributed by atoms with E-state index in [1.54, 1.807) is 0 Å². The smallest absolute Gasteiger partial charge is 0.338 e. The van der Waals surface area contributed by atoms with E-state index in [4.69, 9.17) is 14.6 Å². The second kappa shape index (κ2) is 8.65. The minimum absolute atomic E-state index is 0.0141. The molecule has 3 N–H and O–H groups in total. The van der Waals surface area contributed by atoms with E-state index in [-0.39, 0.29) is 22.3 Å². The zero-order valence-electron chi connectivity index (χ0n) is 13.9. The Bertz CT molecular complexity index is 702. The molecule has 9 heteroatoms. The largest absolute Gasteiger partial charge is 0.495 e. The first-order valence-electron chi connectivity index (χ1n) is 7.36. The van der Waals surface area contributed by atoms with Gasteiger partial charge in [-0.1, -0.05) is 13.3 Å². The van der Waals surface area contributed by atoms with Gasteiger partial charge in [0.15, 0.2) is 6.61 Å². The summed E-state index contributed by atoms with van der Waals surface area (Å²) in [5.74, 6) is -1.24. The molecule has 1 amide bonds. The van der Waals surface area contributed by atoms with E-state index < -0.39 is 28.5 Å². The molecule has 0 heterocycles. The van der Waals surface area contributed by atoms with Gasteiger partial charge in [-0.3, -0.25) is 4.79 Å². The maximum atomic E-state index is 12.0. The molecule has 0 radical (unpaired) electrons. The van der Waals surface area contributed by atoms with Crippen molar-refractivity contribution in [2.24, 2.45) is 5.14 Å². The van der Waals surface area contributed by atoms with Crippen LogP contribution < -0.4 is 15.2 Å². The molecule has 0 spiro atoms. The second-order valence-electron chi connectivity index (χ2n) is 5.24. The van der Waals surface area contributed by atoms with Crippen molar-refractivity contribution in [1.82, 2.24) is 5.32 Å². The third-order valence-electron chi connectivity index (χ3n) is 3.17. The number of carbonyl (C=O) groups is 2. The number of esters is 1. The summed E-state index contributed by atoms with van der Waals surface area (Å²) in [4.78, 5) is 23.3. The minimum atomic E-state index is -4.07. The van der Waals surface area contributed by atoms with Gasteiger partial charge in [0.05, 0.1) is 12.7 Å². The number of primary sulfonamides is 1. The van der Waals surface area contributed by atoms with Crippen LogP contribution in [-0.4, -0.2) is 40.1 Å². The fourth-order valence-electron chi connectivity index (χ4n) is 2.06. The van der Waals surface area contributed by atoms with Gasteiger partial charge in [-0.2, -0.15) is 0 Å². The molecule has 0 bridgehead atoms. The molecule has 1 rings (SSSR count). The standard InChI is InChI=1S/C15H22N2O6S/c1-4-5-10(2)17-14(18)9-23-15(19)11-6-7-12(22-3)13(8-11)24(16,20)21/h6-8,10H,4-5,9H2,1-3H3,(H,17,18)(H2,16,20,21)/t10-/m0/s1. The Kier molecular flexibility index (Phi) is 7.18. The SMILES string of the molecule is CCC[C@H](C)NC(=O)COC(=O)c1ccc(OC)c(S(N)(=O)=O)c1. The highest BCUT2D eigenvalue weighted by Gasteiger charge is 2.19. The van der Waals surface area contributed by atoms with Crippen LogP contribution >= 0.6 is 0 Å². The van der Waals surface area contributed by atoms with Gasteiger partial charge in [0, 0.05) is 6.04 Å². The normalized spacial score (nSPS) is 12.3. The summed E-state index contributed by atoms with van der Waals surface area (Å²) in [5, 5.41) is 7.77. The first kappa shape index (κ1) is 19.9. The summed E-state index contributed by atoms with van der Waals surface area (Å²) >= 11 is 0. The zero-order chi connectivity index (χ0) is 18.3. The van der Waals surface area contributed by atoms with Crippen molar-refractivity contribution in [3.63, 3.8) is 0 Å². The summed E-state index contributed by atoms with van der Waals surface area (Å²) in [5.41, 5.74) is -0.0470. The number of ether oxygens (including phenoxy) is 2. The topological polar surface area (TPSA) is 125 Å². The van der Waals surface area contributed by atoms with E-state index >= 15 is 0 Å². The Morgan fingerprint density at radius 2 is 2.00 bits per heavy atom. The molecule has 0 saturated carbocycles.